The number of thioether (sulfide) groups is 1. The molecule has 2 rings (SSSR count). The van der Waals surface area contributed by atoms with Gasteiger partial charge in [-0.3, -0.25) is 4.79 Å². The van der Waals surface area contributed by atoms with Crippen molar-refractivity contribution >= 4 is 16.9 Å². The Kier molecular flexibility index (Phi) is 16.1. The number of carbonyl (C=O) groups excluding carboxylic acids is 1. The molecule has 0 radical (unpaired) electrons. The third-order valence-electron chi connectivity index (χ3n) is 6.19. The highest BCUT2D eigenvalue weighted by Crippen LogP contribution is 2.26. The van der Waals surface area contributed by atoms with Gasteiger partial charge in [0.05, 0.1) is 6.61 Å². The topological polar surface area (TPSA) is 35.5 Å². The number of carbonyl (C=O) groups is 1. The molecule has 0 saturated carbocycles. The van der Waals surface area contributed by atoms with Crippen LogP contribution in [0.2, 0.25) is 0 Å². The lowest BCUT2D eigenvalue weighted by molar-refractivity contribution is 0.108. The molecule has 0 aromatic heterocycles. The predicted molar refractivity (Wildman–Crippen MR) is 150 cm³/mol. The summed E-state index contributed by atoms with van der Waals surface area (Å²) in [5, 5.41) is -0.0353. The zero-order valence-corrected chi connectivity index (χ0v) is 23.1. The van der Waals surface area contributed by atoms with E-state index in [2.05, 4.69) is 6.92 Å². The zero-order chi connectivity index (χ0) is 25.8. The molecular weight excluding hydrogens is 471 g/mol. The fourth-order valence-corrected chi connectivity index (χ4v) is 4.67. The lowest BCUT2D eigenvalue weighted by Crippen LogP contribution is -2.12. The zero-order valence-electron chi connectivity index (χ0n) is 22.3. The fraction of sp³-hybridized carbons (Fsp3) is 0.581. The van der Waals surface area contributed by atoms with Gasteiger partial charge in [-0.1, -0.05) is 84.5 Å². The van der Waals surface area contributed by atoms with E-state index in [0.717, 1.165) is 36.5 Å². The number of ether oxygens (including phenoxy) is 2. The average molecular weight is 517 g/mol. The van der Waals surface area contributed by atoms with E-state index < -0.39 is 6.17 Å². The van der Waals surface area contributed by atoms with Crippen LogP contribution in [-0.2, 0) is 0 Å². The SMILES string of the molecule is CCCCCCCCCCCCOc1ccc(SC(=O)c2ccc(OCC(F)CCCC)cc2)cc1. The molecule has 0 aliphatic heterocycles. The Morgan fingerprint density at radius 3 is 1.86 bits per heavy atom. The molecule has 0 spiro atoms. The van der Waals surface area contributed by atoms with E-state index in [1.54, 1.807) is 24.3 Å². The maximum absolute atomic E-state index is 13.7. The van der Waals surface area contributed by atoms with Gasteiger partial charge in [0.15, 0.2) is 0 Å². The van der Waals surface area contributed by atoms with E-state index in [1.165, 1.54) is 69.5 Å². The largest absolute Gasteiger partial charge is 0.494 e. The van der Waals surface area contributed by atoms with E-state index in [-0.39, 0.29) is 11.7 Å². The van der Waals surface area contributed by atoms with E-state index in [4.69, 9.17) is 9.47 Å². The van der Waals surface area contributed by atoms with Crippen molar-refractivity contribution in [3.05, 3.63) is 54.1 Å². The third-order valence-corrected chi connectivity index (χ3v) is 7.12. The van der Waals surface area contributed by atoms with E-state index in [0.29, 0.717) is 17.7 Å². The molecule has 0 N–H and O–H groups in total. The summed E-state index contributed by atoms with van der Waals surface area (Å²) >= 11 is 1.19. The highest BCUT2D eigenvalue weighted by atomic mass is 32.2. The minimum absolute atomic E-state index is 0.0353. The van der Waals surface area contributed by atoms with Gasteiger partial charge in [-0.05, 0) is 73.1 Å². The van der Waals surface area contributed by atoms with Crippen molar-refractivity contribution in [2.75, 3.05) is 13.2 Å². The molecule has 0 aliphatic carbocycles. The smallest absolute Gasteiger partial charge is 0.224 e. The van der Waals surface area contributed by atoms with Gasteiger partial charge in [0.1, 0.15) is 24.3 Å². The van der Waals surface area contributed by atoms with Gasteiger partial charge < -0.3 is 9.47 Å². The molecule has 0 bridgehead atoms. The lowest BCUT2D eigenvalue weighted by Gasteiger charge is -2.10. The van der Waals surface area contributed by atoms with Crippen molar-refractivity contribution in [2.24, 2.45) is 0 Å². The number of benzene rings is 2. The normalized spacial score (nSPS) is 11.9. The molecule has 200 valence electrons. The van der Waals surface area contributed by atoms with E-state index >= 15 is 0 Å². The Bertz CT molecular complexity index is 823. The van der Waals surface area contributed by atoms with Crippen LogP contribution in [-0.4, -0.2) is 24.5 Å². The first-order valence-electron chi connectivity index (χ1n) is 13.9. The first-order chi connectivity index (χ1) is 17.6. The van der Waals surface area contributed by atoms with Crippen molar-refractivity contribution in [3.8, 4) is 11.5 Å². The van der Waals surface area contributed by atoms with E-state index in [1.807, 2.05) is 31.2 Å². The van der Waals surface area contributed by atoms with Crippen LogP contribution in [0.4, 0.5) is 4.39 Å². The molecule has 3 nitrogen and oxygen atoms in total. The summed E-state index contributed by atoms with van der Waals surface area (Å²) in [5.41, 5.74) is 0.594. The first-order valence-corrected chi connectivity index (χ1v) is 14.8. The number of unbranched alkanes of at least 4 members (excludes halogenated alkanes) is 10. The number of halogens is 1. The van der Waals surface area contributed by atoms with Crippen molar-refractivity contribution in [1.29, 1.82) is 0 Å². The van der Waals surface area contributed by atoms with Gasteiger partial charge in [-0.25, -0.2) is 4.39 Å². The molecule has 0 heterocycles. The van der Waals surface area contributed by atoms with Gasteiger partial charge in [-0.2, -0.15) is 0 Å². The first kappa shape index (κ1) is 30.2. The molecular formula is C31H45FO3S. The standard InChI is InChI=1S/C31H45FO3S/c1-3-5-7-8-9-10-11-12-13-14-24-34-28-20-22-30(23-21-28)36-31(33)26-16-18-29(19-17-26)35-25-27(32)15-6-4-2/h16-23,27H,3-15,24-25H2,1-2H3. The molecule has 2 aromatic rings. The van der Waals surface area contributed by atoms with Crippen LogP contribution in [0.3, 0.4) is 0 Å². The number of alkyl halides is 1. The monoisotopic (exact) mass is 516 g/mol. The number of rotatable bonds is 20. The van der Waals surface area contributed by atoms with Crippen LogP contribution in [0.25, 0.3) is 0 Å². The summed E-state index contributed by atoms with van der Waals surface area (Å²) in [7, 11) is 0. The van der Waals surface area contributed by atoms with Crippen LogP contribution >= 0.6 is 11.8 Å². The summed E-state index contributed by atoms with van der Waals surface area (Å²) in [6.07, 6.45) is 14.5. The second-order valence-electron chi connectivity index (χ2n) is 9.47. The van der Waals surface area contributed by atoms with Gasteiger partial charge in [0.25, 0.3) is 0 Å². The van der Waals surface area contributed by atoms with Crippen molar-refractivity contribution in [1.82, 2.24) is 0 Å². The molecule has 1 unspecified atom stereocenters. The highest BCUT2D eigenvalue weighted by Gasteiger charge is 2.10. The van der Waals surface area contributed by atoms with Crippen LogP contribution in [0.1, 0.15) is 108 Å². The van der Waals surface area contributed by atoms with E-state index in [9.17, 15) is 9.18 Å². The maximum Gasteiger partial charge on any atom is 0.224 e. The summed E-state index contributed by atoms with van der Waals surface area (Å²) in [4.78, 5) is 13.5. The van der Waals surface area contributed by atoms with Crippen LogP contribution in [0, 0.1) is 0 Å². The Labute approximate surface area is 222 Å². The summed E-state index contributed by atoms with van der Waals surface area (Å²) in [5.74, 6) is 1.42. The molecule has 2 aromatic carbocycles. The van der Waals surface area contributed by atoms with Crippen molar-refractivity contribution < 1.29 is 18.7 Å². The Hall–Kier alpha value is -2.01. The molecule has 0 amide bonds. The molecule has 0 fully saturated rings. The summed E-state index contributed by atoms with van der Waals surface area (Å²) < 4.78 is 25.1. The molecule has 0 aliphatic rings. The number of hydrogen-bond acceptors (Lipinski definition) is 4. The fourth-order valence-electron chi connectivity index (χ4n) is 3.93. The Morgan fingerprint density at radius 2 is 1.25 bits per heavy atom. The Morgan fingerprint density at radius 1 is 0.722 bits per heavy atom. The molecule has 0 saturated heterocycles. The average Bonchev–Trinajstić information content (AvgIpc) is 2.90. The second kappa shape index (κ2) is 19.1. The van der Waals surface area contributed by atoms with Crippen molar-refractivity contribution in [3.63, 3.8) is 0 Å². The van der Waals surface area contributed by atoms with Crippen LogP contribution < -0.4 is 9.47 Å². The minimum atomic E-state index is -0.955. The van der Waals surface area contributed by atoms with Gasteiger partial charge in [0, 0.05) is 10.5 Å². The second-order valence-corrected chi connectivity index (χ2v) is 10.5. The van der Waals surface area contributed by atoms with Crippen LogP contribution in [0.5, 0.6) is 11.5 Å². The highest BCUT2D eigenvalue weighted by molar-refractivity contribution is 8.14. The molecule has 5 heteroatoms. The van der Waals surface area contributed by atoms with Crippen molar-refractivity contribution in [2.45, 2.75) is 108 Å². The van der Waals surface area contributed by atoms with Gasteiger partial charge >= 0.3 is 0 Å². The number of hydrogen-bond donors (Lipinski definition) is 0. The minimum Gasteiger partial charge on any atom is -0.494 e. The third kappa shape index (κ3) is 13.3. The molecule has 1 atom stereocenters. The summed E-state index contributed by atoms with van der Waals surface area (Å²) in [6, 6.07) is 14.6. The predicted octanol–water partition coefficient (Wildman–Crippen LogP) is 9.83. The van der Waals surface area contributed by atoms with Gasteiger partial charge in [-0.15, -0.1) is 0 Å². The maximum atomic E-state index is 13.7. The lowest BCUT2D eigenvalue weighted by atomic mass is 10.1. The summed E-state index contributed by atoms with van der Waals surface area (Å²) in [6.45, 7) is 5.09. The van der Waals surface area contributed by atoms with Gasteiger partial charge in [0.2, 0.25) is 5.12 Å². The van der Waals surface area contributed by atoms with Crippen LogP contribution in [0.15, 0.2) is 53.4 Å². The Balaban J connectivity index is 1.61. The molecule has 36 heavy (non-hydrogen) atoms. The quantitative estimate of drug-likeness (QED) is 0.130.